The number of nitrogens with zero attached hydrogens (tertiary/aromatic N) is 4. The van der Waals surface area contributed by atoms with Crippen LogP contribution in [-0.4, -0.2) is 51.7 Å². The van der Waals surface area contributed by atoms with Gasteiger partial charge in [-0.25, -0.2) is 0 Å². The molecular formula is C25H34N6O. The van der Waals surface area contributed by atoms with E-state index < -0.39 is 0 Å². The number of nitrogens with one attached hydrogen (secondary N) is 2. The molecule has 0 bridgehead atoms. The fourth-order valence-electron chi connectivity index (χ4n) is 5.01. The van der Waals surface area contributed by atoms with Gasteiger partial charge in [0.05, 0.1) is 17.9 Å². The van der Waals surface area contributed by atoms with Crippen LogP contribution in [0.15, 0.2) is 41.5 Å². The number of phenols is 1. The van der Waals surface area contributed by atoms with Gasteiger partial charge in [0.15, 0.2) is 5.82 Å². The van der Waals surface area contributed by atoms with E-state index in [0.29, 0.717) is 17.3 Å². The molecule has 2 aromatic rings. The lowest BCUT2D eigenvalue weighted by molar-refractivity contribution is 0.160. The van der Waals surface area contributed by atoms with Crippen molar-refractivity contribution in [1.82, 2.24) is 20.8 Å². The number of phenolic OH excluding ortho intramolecular Hbond substituents is 1. The van der Waals surface area contributed by atoms with E-state index >= 15 is 0 Å². The zero-order valence-corrected chi connectivity index (χ0v) is 19.9. The maximum absolute atomic E-state index is 10.7. The van der Waals surface area contributed by atoms with E-state index in [1.807, 2.05) is 37.4 Å². The van der Waals surface area contributed by atoms with Gasteiger partial charge in [0.1, 0.15) is 5.75 Å². The molecule has 1 saturated heterocycles. The molecule has 0 amide bonds. The first-order valence-electron chi connectivity index (χ1n) is 11.2. The van der Waals surface area contributed by atoms with E-state index in [1.54, 1.807) is 6.07 Å². The van der Waals surface area contributed by atoms with Crippen molar-refractivity contribution in [2.45, 2.75) is 64.6 Å². The van der Waals surface area contributed by atoms with Gasteiger partial charge >= 0.3 is 0 Å². The van der Waals surface area contributed by atoms with Crippen molar-refractivity contribution in [1.29, 1.82) is 0 Å². The van der Waals surface area contributed by atoms with Crippen LogP contribution >= 0.6 is 0 Å². The van der Waals surface area contributed by atoms with Crippen molar-refractivity contribution in [3.05, 3.63) is 42.1 Å². The van der Waals surface area contributed by atoms with Crippen molar-refractivity contribution in [2.24, 2.45) is 4.99 Å². The molecular weight excluding hydrogens is 400 g/mol. The molecule has 3 N–H and O–H groups in total. The Morgan fingerprint density at radius 1 is 1.03 bits per heavy atom. The lowest BCUT2D eigenvalue weighted by Crippen LogP contribution is -2.62. The maximum atomic E-state index is 10.7. The highest BCUT2D eigenvalue weighted by molar-refractivity contribution is 5.91. The van der Waals surface area contributed by atoms with Crippen LogP contribution in [0.4, 0.5) is 5.82 Å². The Morgan fingerprint density at radius 3 is 2.34 bits per heavy atom. The summed E-state index contributed by atoms with van der Waals surface area (Å²) in [7, 11) is 2.09. The van der Waals surface area contributed by atoms with Gasteiger partial charge in [0.25, 0.3) is 0 Å². The largest absolute Gasteiger partial charge is 0.507 e. The molecule has 0 atom stereocenters. The molecule has 0 radical (unpaired) electrons. The molecule has 0 aliphatic carbocycles. The van der Waals surface area contributed by atoms with Gasteiger partial charge in [-0.2, -0.15) is 0 Å². The van der Waals surface area contributed by atoms with Crippen LogP contribution in [0.25, 0.3) is 17.0 Å². The van der Waals surface area contributed by atoms with Crippen LogP contribution in [0.1, 0.15) is 53.0 Å². The Hall–Kier alpha value is -2.93. The van der Waals surface area contributed by atoms with Gasteiger partial charge in [-0.1, -0.05) is 6.07 Å². The van der Waals surface area contributed by atoms with E-state index in [2.05, 4.69) is 65.5 Å². The summed E-state index contributed by atoms with van der Waals surface area (Å²) in [5.41, 5.74) is 4.11. The Labute approximate surface area is 190 Å². The second-order valence-corrected chi connectivity index (χ2v) is 10.3. The van der Waals surface area contributed by atoms with Crippen LogP contribution in [0.3, 0.4) is 0 Å². The Morgan fingerprint density at radius 2 is 1.75 bits per heavy atom. The molecule has 4 rings (SSSR count). The SMILES string of the molecule is CC1=NC(c2ccc(-c3ccc(N(C)C4CC(C)(C)NC(C)(C)C4)nn3)c(O)c2)=CNC1. The molecule has 1 aromatic heterocycles. The lowest BCUT2D eigenvalue weighted by Gasteiger charge is -2.49. The number of aromatic nitrogens is 2. The molecule has 2 aliphatic rings. The minimum Gasteiger partial charge on any atom is -0.507 e. The minimum absolute atomic E-state index is 0.0630. The fourth-order valence-corrected chi connectivity index (χ4v) is 5.01. The Bertz CT molecular complexity index is 1040. The van der Waals surface area contributed by atoms with E-state index in [9.17, 15) is 5.11 Å². The van der Waals surface area contributed by atoms with Crippen LogP contribution in [0.5, 0.6) is 5.75 Å². The van der Waals surface area contributed by atoms with Crippen molar-refractivity contribution >= 4 is 17.2 Å². The number of rotatable bonds is 4. The maximum Gasteiger partial charge on any atom is 0.151 e. The van der Waals surface area contributed by atoms with Gasteiger partial charge in [0, 0.05) is 47.2 Å². The first kappa shape index (κ1) is 22.3. The standard InChI is InChI=1S/C25H34N6O/c1-16-14-26-15-21(27-16)17-7-8-19(22(32)11-17)20-9-10-23(29-28-20)31(6)18-12-24(2,3)30-25(4,5)13-18/h7-11,15,18,26,30,32H,12-14H2,1-6H3. The Kier molecular flexibility index (Phi) is 5.71. The minimum atomic E-state index is 0.0630. The smallest absolute Gasteiger partial charge is 0.151 e. The lowest BCUT2D eigenvalue weighted by atomic mass is 9.79. The van der Waals surface area contributed by atoms with Crippen molar-refractivity contribution < 1.29 is 5.11 Å². The topological polar surface area (TPSA) is 85.7 Å². The quantitative estimate of drug-likeness (QED) is 0.675. The second-order valence-electron chi connectivity index (χ2n) is 10.3. The first-order chi connectivity index (χ1) is 15.0. The predicted octanol–water partition coefficient (Wildman–Crippen LogP) is 3.96. The summed E-state index contributed by atoms with van der Waals surface area (Å²) in [6.07, 6.45) is 3.94. The molecule has 0 unspecified atom stereocenters. The number of hydrogen-bond acceptors (Lipinski definition) is 7. The number of aliphatic imine (C=N–C) groups is 1. The van der Waals surface area contributed by atoms with Gasteiger partial charge in [-0.3, -0.25) is 4.99 Å². The summed E-state index contributed by atoms with van der Waals surface area (Å²) in [5, 5.41) is 26.5. The summed E-state index contributed by atoms with van der Waals surface area (Å²) in [6.45, 7) is 11.7. The third-order valence-electron chi connectivity index (χ3n) is 6.21. The third-order valence-corrected chi connectivity index (χ3v) is 6.21. The normalized spacial score (nSPS) is 20.2. The number of anilines is 1. The summed E-state index contributed by atoms with van der Waals surface area (Å²) in [4.78, 5) is 6.79. The zero-order chi connectivity index (χ0) is 23.1. The average Bonchev–Trinajstić information content (AvgIpc) is 2.71. The fraction of sp³-hybridized carbons (Fsp3) is 0.480. The zero-order valence-electron chi connectivity index (χ0n) is 19.9. The van der Waals surface area contributed by atoms with Gasteiger partial charge in [-0.05, 0) is 71.7 Å². The highest BCUT2D eigenvalue weighted by Crippen LogP contribution is 2.34. The number of hydrogen-bond donors (Lipinski definition) is 3. The molecule has 0 spiro atoms. The first-order valence-corrected chi connectivity index (χ1v) is 11.2. The summed E-state index contributed by atoms with van der Waals surface area (Å²) < 4.78 is 0. The van der Waals surface area contributed by atoms with Crippen LogP contribution < -0.4 is 15.5 Å². The number of benzene rings is 1. The molecule has 3 heterocycles. The van der Waals surface area contributed by atoms with Gasteiger partial charge < -0.3 is 20.6 Å². The van der Waals surface area contributed by atoms with Crippen molar-refractivity contribution in [3.63, 3.8) is 0 Å². The average molecular weight is 435 g/mol. The van der Waals surface area contributed by atoms with Crippen molar-refractivity contribution in [3.8, 4) is 17.0 Å². The highest BCUT2D eigenvalue weighted by atomic mass is 16.3. The van der Waals surface area contributed by atoms with Crippen LogP contribution in [-0.2, 0) is 0 Å². The molecule has 7 nitrogen and oxygen atoms in total. The highest BCUT2D eigenvalue weighted by Gasteiger charge is 2.39. The predicted molar refractivity (Wildman–Crippen MR) is 131 cm³/mol. The molecule has 1 fully saturated rings. The monoisotopic (exact) mass is 434 g/mol. The summed E-state index contributed by atoms with van der Waals surface area (Å²) in [5.74, 6) is 1.01. The molecule has 32 heavy (non-hydrogen) atoms. The number of aromatic hydroxyl groups is 1. The molecule has 1 aromatic carbocycles. The summed E-state index contributed by atoms with van der Waals surface area (Å²) >= 11 is 0. The molecule has 7 heteroatoms. The van der Waals surface area contributed by atoms with E-state index in [4.69, 9.17) is 0 Å². The molecule has 0 saturated carbocycles. The second kappa shape index (κ2) is 8.20. The van der Waals surface area contributed by atoms with E-state index in [-0.39, 0.29) is 16.8 Å². The summed E-state index contributed by atoms with van der Waals surface area (Å²) in [6, 6.07) is 9.83. The number of piperidine rings is 1. The van der Waals surface area contributed by atoms with Crippen LogP contribution in [0.2, 0.25) is 0 Å². The van der Waals surface area contributed by atoms with E-state index in [0.717, 1.165) is 42.2 Å². The Balaban J connectivity index is 1.53. The molecule has 170 valence electrons. The van der Waals surface area contributed by atoms with Crippen molar-refractivity contribution in [2.75, 3.05) is 18.5 Å². The van der Waals surface area contributed by atoms with Gasteiger partial charge in [-0.15, -0.1) is 10.2 Å². The molecule has 2 aliphatic heterocycles. The van der Waals surface area contributed by atoms with Crippen LogP contribution in [0, 0.1) is 0 Å². The third kappa shape index (κ3) is 4.78. The van der Waals surface area contributed by atoms with Gasteiger partial charge in [0.2, 0.25) is 0 Å². The van der Waals surface area contributed by atoms with E-state index in [1.165, 1.54) is 0 Å².